The highest BCUT2D eigenvalue weighted by Crippen LogP contribution is 2.31. The zero-order chi connectivity index (χ0) is 20.6. The van der Waals surface area contributed by atoms with Crippen LogP contribution in [0.5, 0.6) is 0 Å². The first kappa shape index (κ1) is 19.5. The second-order valence-corrected chi connectivity index (χ2v) is 8.25. The monoisotopic (exact) mass is 392 g/mol. The van der Waals surface area contributed by atoms with Crippen LogP contribution in [0.2, 0.25) is 0 Å². The molecule has 0 spiro atoms. The number of piperidine rings is 1. The summed E-state index contributed by atoms with van der Waals surface area (Å²) in [7, 11) is 0. The highest BCUT2D eigenvalue weighted by molar-refractivity contribution is 5.92. The summed E-state index contributed by atoms with van der Waals surface area (Å²) in [5, 5.41) is 23.4. The molecule has 2 N–H and O–H groups in total. The van der Waals surface area contributed by atoms with E-state index in [1.807, 2.05) is 33.0 Å². The van der Waals surface area contributed by atoms with Crippen LogP contribution < -0.4 is 10.2 Å². The molecule has 0 saturated carbocycles. The molecule has 3 aromatic heterocycles. The van der Waals surface area contributed by atoms with Crippen LogP contribution in [0.1, 0.15) is 49.7 Å². The van der Waals surface area contributed by atoms with Crippen molar-refractivity contribution in [2.45, 2.75) is 52.2 Å². The van der Waals surface area contributed by atoms with Crippen LogP contribution in [-0.4, -0.2) is 44.0 Å². The third-order valence-corrected chi connectivity index (χ3v) is 5.84. The van der Waals surface area contributed by atoms with Gasteiger partial charge in [0.2, 0.25) is 0 Å². The van der Waals surface area contributed by atoms with E-state index >= 15 is 0 Å². The second-order valence-electron chi connectivity index (χ2n) is 8.25. The van der Waals surface area contributed by atoms with Gasteiger partial charge in [0.25, 0.3) is 0 Å². The standard InChI is InChI=1S/C22H28N6O/c1-14-18(6-5-9-23-14)15(2)25-21-19-12-17(13-24-20(19)16(3)26-27-21)28-10-7-22(4,29)8-11-28/h5-6,9,12-13,15,29H,7-8,10-11H2,1-4H3,(H,25,27)/t15-/m1/s1. The quantitative estimate of drug-likeness (QED) is 0.702. The van der Waals surface area contributed by atoms with Crippen molar-refractivity contribution < 1.29 is 5.11 Å². The molecule has 152 valence electrons. The summed E-state index contributed by atoms with van der Waals surface area (Å²) in [6.07, 6.45) is 5.20. The number of hydrogen-bond donors (Lipinski definition) is 2. The van der Waals surface area contributed by atoms with E-state index in [4.69, 9.17) is 4.98 Å². The first-order valence-electron chi connectivity index (χ1n) is 10.1. The van der Waals surface area contributed by atoms with Gasteiger partial charge in [-0.05, 0) is 58.2 Å². The predicted molar refractivity (Wildman–Crippen MR) is 115 cm³/mol. The predicted octanol–water partition coefficient (Wildman–Crippen LogP) is 3.56. The number of aryl methyl sites for hydroxylation is 2. The first-order chi connectivity index (χ1) is 13.8. The molecule has 0 radical (unpaired) electrons. The molecule has 0 unspecified atom stereocenters. The van der Waals surface area contributed by atoms with Crippen molar-refractivity contribution in [2.75, 3.05) is 23.3 Å². The van der Waals surface area contributed by atoms with Gasteiger partial charge in [-0.15, -0.1) is 5.10 Å². The summed E-state index contributed by atoms with van der Waals surface area (Å²) < 4.78 is 0. The van der Waals surface area contributed by atoms with Gasteiger partial charge in [0.15, 0.2) is 5.82 Å². The van der Waals surface area contributed by atoms with E-state index in [-0.39, 0.29) is 6.04 Å². The zero-order valence-electron chi connectivity index (χ0n) is 17.5. The topological polar surface area (TPSA) is 87.1 Å². The minimum absolute atomic E-state index is 0.0395. The Hall–Kier alpha value is -2.80. The first-order valence-corrected chi connectivity index (χ1v) is 10.1. The van der Waals surface area contributed by atoms with E-state index < -0.39 is 5.60 Å². The molecule has 1 saturated heterocycles. The molecule has 4 rings (SSSR count). The minimum atomic E-state index is -0.577. The smallest absolute Gasteiger partial charge is 0.158 e. The molecule has 3 aromatic rings. The number of fused-ring (bicyclic) bond motifs is 1. The largest absolute Gasteiger partial charge is 0.390 e. The third kappa shape index (κ3) is 4.00. The number of aliphatic hydroxyl groups is 1. The maximum absolute atomic E-state index is 10.2. The summed E-state index contributed by atoms with van der Waals surface area (Å²) >= 11 is 0. The number of hydrogen-bond acceptors (Lipinski definition) is 7. The number of nitrogens with zero attached hydrogens (tertiary/aromatic N) is 5. The zero-order valence-corrected chi connectivity index (χ0v) is 17.5. The fraction of sp³-hybridized carbons (Fsp3) is 0.455. The van der Waals surface area contributed by atoms with Crippen molar-refractivity contribution in [2.24, 2.45) is 0 Å². The van der Waals surface area contributed by atoms with E-state index in [1.54, 1.807) is 6.20 Å². The Bertz CT molecular complexity index is 1020. The van der Waals surface area contributed by atoms with Gasteiger partial charge in [-0.3, -0.25) is 9.97 Å². The Kier molecular flexibility index (Phi) is 5.08. The molecule has 1 aliphatic rings. The van der Waals surface area contributed by atoms with Crippen molar-refractivity contribution in [3.63, 3.8) is 0 Å². The van der Waals surface area contributed by atoms with Gasteiger partial charge in [0.05, 0.1) is 34.7 Å². The van der Waals surface area contributed by atoms with Gasteiger partial charge in [-0.2, -0.15) is 5.10 Å². The maximum atomic E-state index is 10.2. The van der Waals surface area contributed by atoms with Crippen molar-refractivity contribution in [3.05, 3.63) is 47.5 Å². The van der Waals surface area contributed by atoms with E-state index in [0.717, 1.165) is 65.3 Å². The fourth-order valence-corrected chi connectivity index (χ4v) is 3.91. The fourth-order valence-electron chi connectivity index (χ4n) is 3.91. The number of rotatable bonds is 4. The van der Waals surface area contributed by atoms with Gasteiger partial charge in [-0.25, -0.2) is 0 Å². The Morgan fingerprint density at radius 2 is 1.90 bits per heavy atom. The SMILES string of the molecule is Cc1ncccc1[C@@H](C)Nc1nnc(C)c2ncc(N3CCC(C)(O)CC3)cc12. The Morgan fingerprint density at radius 3 is 2.62 bits per heavy atom. The summed E-state index contributed by atoms with van der Waals surface area (Å²) in [6.45, 7) is 9.57. The van der Waals surface area contributed by atoms with Crippen molar-refractivity contribution in [1.82, 2.24) is 20.2 Å². The van der Waals surface area contributed by atoms with E-state index in [9.17, 15) is 5.11 Å². The molecule has 1 aliphatic heterocycles. The number of nitrogens with one attached hydrogen (secondary N) is 1. The van der Waals surface area contributed by atoms with E-state index in [0.29, 0.717) is 0 Å². The van der Waals surface area contributed by atoms with Crippen LogP contribution in [-0.2, 0) is 0 Å². The van der Waals surface area contributed by atoms with Crippen LogP contribution in [0.4, 0.5) is 11.5 Å². The molecule has 7 nitrogen and oxygen atoms in total. The number of pyridine rings is 2. The summed E-state index contributed by atoms with van der Waals surface area (Å²) in [4.78, 5) is 11.4. The molecule has 1 fully saturated rings. The summed E-state index contributed by atoms with van der Waals surface area (Å²) in [5.74, 6) is 0.722. The molecule has 1 atom stereocenters. The van der Waals surface area contributed by atoms with Crippen molar-refractivity contribution in [3.8, 4) is 0 Å². The van der Waals surface area contributed by atoms with Gasteiger partial charge < -0.3 is 15.3 Å². The lowest BCUT2D eigenvalue weighted by Crippen LogP contribution is -2.42. The Morgan fingerprint density at radius 1 is 1.14 bits per heavy atom. The molecular weight excluding hydrogens is 364 g/mol. The second kappa shape index (κ2) is 7.55. The Labute approximate surface area is 171 Å². The summed E-state index contributed by atoms with van der Waals surface area (Å²) in [6, 6.07) is 6.20. The Balaban J connectivity index is 1.67. The van der Waals surface area contributed by atoms with E-state index in [2.05, 4.69) is 44.5 Å². The van der Waals surface area contributed by atoms with Crippen LogP contribution in [0.25, 0.3) is 10.9 Å². The molecule has 0 aromatic carbocycles. The van der Waals surface area contributed by atoms with Gasteiger partial charge in [-0.1, -0.05) is 6.07 Å². The van der Waals surface area contributed by atoms with Crippen LogP contribution in [0, 0.1) is 13.8 Å². The highest BCUT2D eigenvalue weighted by Gasteiger charge is 2.27. The molecule has 0 bridgehead atoms. The lowest BCUT2D eigenvalue weighted by atomic mass is 9.93. The minimum Gasteiger partial charge on any atom is -0.390 e. The average Bonchev–Trinajstić information content (AvgIpc) is 2.70. The molecule has 0 amide bonds. The molecule has 0 aliphatic carbocycles. The summed E-state index contributed by atoms with van der Waals surface area (Å²) in [5.41, 5.74) is 4.26. The van der Waals surface area contributed by atoms with Gasteiger partial charge in [0.1, 0.15) is 0 Å². The third-order valence-electron chi connectivity index (χ3n) is 5.84. The van der Waals surface area contributed by atoms with Crippen molar-refractivity contribution in [1.29, 1.82) is 0 Å². The van der Waals surface area contributed by atoms with Crippen molar-refractivity contribution >= 4 is 22.4 Å². The normalized spacial score (nSPS) is 17.3. The van der Waals surface area contributed by atoms with Crippen LogP contribution in [0.3, 0.4) is 0 Å². The number of anilines is 2. The van der Waals surface area contributed by atoms with Gasteiger partial charge in [0, 0.05) is 30.4 Å². The molecule has 7 heteroatoms. The maximum Gasteiger partial charge on any atom is 0.158 e. The van der Waals surface area contributed by atoms with E-state index in [1.165, 1.54) is 0 Å². The molecule has 4 heterocycles. The molecule has 29 heavy (non-hydrogen) atoms. The number of aromatic nitrogens is 4. The van der Waals surface area contributed by atoms with Crippen LogP contribution in [0.15, 0.2) is 30.6 Å². The van der Waals surface area contributed by atoms with Crippen LogP contribution >= 0.6 is 0 Å². The van der Waals surface area contributed by atoms with Gasteiger partial charge >= 0.3 is 0 Å². The molecular formula is C22H28N6O. The lowest BCUT2D eigenvalue weighted by molar-refractivity contribution is 0.0351. The average molecular weight is 393 g/mol. The highest BCUT2D eigenvalue weighted by atomic mass is 16.3. The lowest BCUT2D eigenvalue weighted by Gasteiger charge is -2.37.